The van der Waals surface area contributed by atoms with Crippen molar-refractivity contribution in [2.75, 3.05) is 0 Å². The van der Waals surface area contributed by atoms with Gasteiger partial charge in [-0.25, -0.2) is 0 Å². The van der Waals surface area contributed by atoms with Crippen LogP contribution in [0.15, 0.2) is 10.9 Å². The van der Waals surface area contributed by atoms with Crippen molar-refractivity contribution in [2.24, 2.45) is 0 Å². The fraction of sp³-hybridized carbons (Fsp3) is 0.455. The number of aromatic nitrogens is 2. The van der Waals surface area contributed by atoms with Crippen LogP contribution in [0.2, 0.25) is 0 Å². The highest BCUT2D eigenvalue weighted by Crippen LogP contribution is 2.21. The molecule has 0 amide bonds. The minimum absolute atomic E-state index is 0.0182. The molecule has 0 spiro atoms. The van der Waals surface area contributed by atoms with Gasteiger partial charge in [-0.2, -0.15) is 0 Å². The molecule has 0 aromatic carbocycles. The van der Waals surface area contributed by atoms with Gasteiger partial charge in [0.2, 0.25) is 0 Å². The van der Waals surface area contributed by atoms with Gasteiger partial charge in [0.15, 0.2) is 4.77 Å². The molecule has 0 aliphatic rings. The molecule has 2 rings (SSSR count). The standard InChI is InChI=1S/C11H14N2OS2/c1-4-7-5-8-9(16-7)12-11(15)13(6(2)3)10(8)14/h5-6H,4H2,1-3H3,(H,12,15). The van der Waals surface area contributed by atoms with E-state index >= 15 is 0 Å². The lowest BCUT2D eigenvalue weighted by Crippen LogP contribution is -2.23. The van der Waals surface area contributed by atoms with Gasteiger partial charge in [0.1, 0.15) is 4.83 Å². The van der Waals surface area contributed by atoms with Crippen LogP contribution < -0.4 is 5.56 Å². The molecule has 2 aromatic heterocycles. The number of nitrogens with zero attached hydrogens (tertiary/aromatic N) is 1. The van der Waals surface area contributed by atoms with Gasteiger partial charge in [-0.15, -0.1) is 11.3 Å². The lowest BCUT2D eigenvalue weighted by atomic mass is 10.3. The van der Waals surface area contributed by atoms with Crippen molar-refractivity contribution in [3.8, 4) is 0 Å². The van der Waals surface area contributed by atoms with Crippen molar-refractivity contribution in [2.45, 2.75) is 33.2 Å². The number of aryl methyl sites for hydroxylation is 1. The van der Waals surface area contributed by atoms with Gasteiger partial charge < -0.3 is 4.98 Å². The summed E-state index contributed by atoms with van der Waals surface area (Å²) in [6, 6.07) is 2.05. The molecule has 0 atom stereocenters. The summed E-state index contributed by atoms with van der Waals surface area (Å²) in [5.74, 6) is 0. The monoisotopic (exact) mass is 254 g/mol. The molecule has 1 N–H and O–H groups in total. The van der Waals surface area contributed by atoms with E-state index in [2.05, 4.69) is 11.9 Å². The van der Waals surface area contributed by atoms with Gasteiger partial charge in [-0.1, -0.05) is 6.92 Å². The van der Waals surface area contributed by atoms with E-state index in [1.165, 1.54) is 4.88 Å². The molecule has 0 saturated carbocycles. The predicted octanol–water partition coefficient (Wildman–Crippen LogP) is 3.26. The second kappa shape index (κ2) is 4.14. The first-order valence-electron chi connectivity index (χ1n) is 5.31. The number of hydrogen-bond donors (Lipinski definition) is 1. The Morgan fingerprint density at radius 2 is 2.25 bits per heavy atom. The SMILES string of the molecule is CCc1cc2c(=O)n(C(C)C)c(=S)[nH]c2s1. The number of H-pyrrole nitrogens is 1. The van der Waals surface area contributed by atoms with Gasteiger partial charge in [0.25, 0.3) is 5.56 Å². The molecule has 16 heavy (non-hydrogen) atoms. The molecule has 0 unspecified atom stereocenters. The number of nitrogens with one attached hydrogen (secondary N) is 1. The first-order chi connectivity index (χ1) is 7.54. The molecule has 0 bridgehead atoms. The zero-order valence-corrected chi connectivity index (χ0v) is 11.2. The summed E-state index contributed by atoms with van der Waals surface area (Å²) in [4.78, 5) is 17.4. The lowest BCUT2D eigenvalue weighted by Gasteiger charge is -2.09. The Hall–Kier alpha value is -0.940. The summed E-state index contributed by atoms with van der Waals surface area (Å²) >= 11 is 6.81. The normalized spacial score (nSPS) is 11.5. The molecule has 2 aromatic rings. The zero-order valence-electron chi connectivity index (χ0n) is 9.53. The van der Waals surface area contributed by atoms with E-state index < -0.39 is 0 Å². The molecule has 0 aliphatic heterocycles. The number of fused-ring (bicyclic) bond motifs is 1. The Bertz CT molecular complexity index is 633. The number of aromatic amines is 1. The van der Waals surface area contributed by atoms with Crippen LogP contribution in [0.4, 0.5) is 0 Å². The van der Waals surface area contributed by atoms with E-state index in [0.29, 0.717) is 4.77 Å². The van der Waals surface area contributed by atoms with Crippen molar-refractivity contribution < 1.29 is 0 Å². The molecule has 0 aliphatic carbocycles. The molecule has 86 valence electrons. The van der Waals surface area contributed by atoms with Gasteiger partial charge in [-0.05, 0) is 38.6 Å². The maximum Gasteiger partial charge on any atom is 0.263 e. The zero-order chi connectivity index (χ0) is 11.9. The maximum atomic E-state index is 12.2. The third-order valence-corrected chi connectivity index (χ3v) is 4.03. The Balaban J connectivity index is 2.87. The highest BCUT2D eigenvalue weighted by Gasteiger charge is 2.10. The van der Waals surface area contributed by atoms with Crippen LogP contribution in [0.25, 0.3) is 10.2 Å². The first-order valence-corrected chi connectivity index (χ1v) is 6.54. The van der Waals surface area contributed by atoms with E-state index in [1.807, 2.05) is 19.9 Å². The van der Waals surface area contributed by atoms with Crippen molar-refractivity contribution in [3.05, 3.63) is 26.1 Å². The third-order valence-electron chi connectivity index (χ3n) is 2.54. The maximum absolute atomic E-state index is 12.2. The topological polar surface area (TPSA) is 37.8 Å². The van der Waals surface area contributed by atoms with Crippen LogP contribution in [-0.2, 0) is 6.42 Å². The summed E-state index contributed by atoms with van der Waals surface area (Å²) in [5, 5.41) is 0.754. The summed E-state index contributed by atoms with van der Waals surface area (Å²) in [6.45, 7) is 6.01. The molecule has 3 nitrogen and oxygen atoms in total. The smallest absolute Gasteiger partial charge is 0.263 e. The first kappa shape index (κ1) is 11.5. The van der Waals surface area contributed by atoms with E-state index in [1.54, 1.807) is 15.9 Å². The molecule has 0 saturated heterocycles. The molecule has 2 heterocycles. The fourth-order valence-corrected chi connectivity index (χ4v) is 3.16. The van der Waals surface area contributed by atoms with Crippen LogP contribution in [0.3, 0.4) is 0 Å². The van der Waals surface area contributed by atoms with Gasteiger partial charge in [-0.3, -0.25) is 9.36 Å². The summed E-state index contributed by atoms with van der Waals surface area (Å²) < 4.78 is 2.14. The van der Waals surface area contributed by atoms with Crippen molar-refractivity contribution in [1.82, 2.24) is 9.55 Å². The largest absolute Gasteiger partial charge is 0.323 e. The number of rotatable bonds is 2. The van der Waals surface area contributed by atoms with Crippen LogP contribution in [0, 0.1) is 4.77 Å². The van der Waals surface area contributed by atoms with Gasteiger partial charge in [0.05, 0.1) is 5.39 Å². The highest BCUT2D eigenvalue weighted by molar-refractivity contribution is 7.71. The van der Waals surface area contributed by atoms with Crippen LogP contribution >= 0.6 is 23.6 Å². The van der Waals surface area contributed by atoms with Gasteiger partial charge in [0, 0.05) is 10.9 Å². The van der Waals surface area contributed by atoms with Crippen molar-refractivity contribution >= 4 is 33.8 Å². The van der Waals surface area contributed by atoms with E-state index in [4.69, 9.17) is 12.2 Å². The Morgan fingerprint density at radius 3 is 2.81 bits per heavy atom. The number of thiophene rings is 1. The van der Waals surface area contributed by atoms with Crippen LogP contribution in [-0.4, -0.2) is 9.55 Å². The van der Waals surface area contributed by atoms with E-state index in [-0.39, 0.29) is 11.6 Å². The Labute approximate surface area is 103 Å². The quantitative estimate of drug-likeness (QED) is 0.835. The Morgan fingerprint density at radius 1 is 1.56 bits per heavy atom. The summed E-state index contributed by atoms with van der Waals surface area (Å²) in [6.07, 6.45) is 0.946. The molecule has 0 radical (unpaired) electrons. The molecule has 0 fully saturated rings. The minimum Gasteiger partial charge on any atom is -0.323 e. The lowest BCUT2D eigenvalue weighted by molar-refractivity contribution is 0.565. The molecular weight excluding hydrogens is 240 g/mol. The minimum atomic E-state index is 0.0182. The van der Waals surface area contributed by atoms with Crippen molar-refractivity contribution in [3.63, 3.8) is 0 Å². The van der Waals surface area contributed by atoms with Crippen molar-refractivity contribution in [1.29, 1.82) is 0 Å². The summed E-state index contributed by atoms with van der Waals surface area (Å²) in [5.41, 5.74) is 0.0182. The second-order valence-electron chi connectivity index (χ2n) is 4.01. The second-order valence-corrected chi connectivity index (χ2v) is 5.53. The third kappa shape index (κ3) is 1.74. The van der Waals surface area contributed by atoms with Gasteiger partial charge >= 0.3 is 0 Å². The summed E-state index contributed by atoms with van der Waals surface area (Å²) in [7, 11) is 0. The fourth-order valence-electron chi connectivity index (χ4n) is 1.72. The predicted molar refractivity (Wildman–Crippen MR) is 71.0 cm³/mol. The number of hydrogen-bond acceptors (Lipinski definition) is 3. The molecule has 5 heteroatoms. The Kier molecular flexibility index (Phi) is 2.99. The average Bonchev–Trinajstić information content (AvgIpc) is 2.60. The highest BCUT2D eigenvalue weighted by atomic mass is 32.1. The van der Waals surface area contributed by atoms with E-state index in [9.17, 15) is 4.79 Å². The molecular formula is C11H14N2OS2. The van der Waals surface area contributed by atoms with E-state index in [0.717, 1.165) is 16.6 Å². The average molecular weight is 254 g/mol. The van der Waals surface area contributed by atoms with Crippen LogP contribution in [0.5, 0.6) is 0 Å². The van der Waals surface area contributed by atoms with Crippen LogP contribution in [0.1, 0.15) is 31.7 Å².